The lowest BCUT2D eigenvalue weighted by atomic mass is 10.1. The fraction of sp³-hybridized carbons (Fsp3) is 0.111. The van der Waals surface area contributed by atoms with Crippen molar-refractivity contribution in [3.05, 3.63) is 81.9 Å². The highest BCUT2D eigenvalue weighted by atomic mass is 16.6. The maximum atomic E-state index is 11.9. The molecule has 0 aliphatic heterocycles. The van der Waals surface area contributed by atoms with Crippen LogP contribution < -0.4 is 5.32 Å². The van der Waals surface area contributed by atoms with Crippen LogP contribution in [0.15, 0.2) is 60.7 Å². The van der Waals surface area contributed by atoms with Crippen molar-refractivity contribution in [1.29, 1.82) is 0 Å². The summed E-state index contributed by atoms with van der Waals surface area (Å²) in [6, 6.07) is 13.5. The maximum Gasteiger partial charge on any atom is 0.326 e. The van der Waals surface area contributed by atoms with Crippen LogP contribution in [0, 0.1) is 10.1 Å². The molecular formula is C18H16N2O5. The molecule has 1 atom stereocenters. The number of benzene rings is 2. The van der Waals surface area contributed by atoms with Crippen LogP contribution in [0.4, 0.5) is 5.69 Å². The van der Waals surface area contributed by atoms with E-state index in [1.807, 2.05) is 30.3 Å². The first kappa shape index (κ1) is 17.9. The number of carbonyl (C=O) groups excluding carboxylic acids is 1. The quantitative estimate of drug-likeness (QED) is 0.457. The van der Waals surface area contributed by atoms with E-state index >= 15 is 0 Å². The van der Waals surface area contributed by atoms with E-state index < -0.39 is 22.8 Å². The van der Waals surface area contributed by atoms with E-state index in [0.29, 0.717) is 5.56 Å². The summed E-state index contributed by atoms with van der Waals surface area (Å²) in [6.45, 7) is 0. The second-order valence-electron chi connectivity index (χ2n) is 5.27. The Bertz CT molecular complexity index is 785. The molecule has 128 valence electrons. The average Bonchev–Trinajstić information content (AvgIpc) is 2.60. The van der Waals surface area contributed by atoms with Crippen molar-refractivity contribution in [2.24, 2.45) is 0 Å². The molecule has 0 spiro atoms. The average molecular weight is 340 g/mol. The molecular weight excluding hydrogens is 324 g/mol. The molecule has 0 aliphatic carbocycles. The van der Waals surface area contributed by atoms with E-state index in [4.69, 9.17) is 0 Å². The Morgan fingerprint density at radius 2 is 1.76 bits per heavy atom. The lowest BCUT2D eigenvalue weighted by molar-refractivity contribution is -0.384. The van der Waals surface area contributed by atoms with Gasteiger partial charge >= 0.3 is 5.97 Å². The standard InChI is InChI=1S/C18H16N2O5/c21-17(11-8-13-4-2-1-3-5-13)19-16(18(22)23)12-14-6-9-15(10-7-14)20(24)25/h1-11,16H,12H2,(H,19,21)(H,22,23)/b11-8+/t16-/m0/s1. The number of non-ortho nitro benzene ring substituents is 1. The largest absolute Gasteiger partial charge is 0.480 e. The minimum absolute atomic E-state index is 0.0260. The summed E-state index contributed by atoms with van der Waals surface area (Å²) >= 11 is 0. The summed E-state index contributed by atoms with van der Waals surface area (Å²) in [5.41, 5.74) is 1.32. The van der Waals surface area contributed by atoms with Gasteiger partial charge in [-0.15, -0.1) is 0 Å². The Morgan fingerprint density at radius 3 is 2.32 bits per heavy atom. The first-order valence-corrected chi connectivity index (χ1v) is 7.45. The first-order valence-electron chi connectivity index (χ1n) is 7.45. The van der Waals surface area contributed by atoms with Gasteiger partial charge in [0, 0.05) is 24.6 Å². The van der Waals surface area contributed by atoms with Gasteiger partial charge in [0.2, 0.25) is 5.91 Å². The highest BCUT2D eigenvalue weighted by Crippen LogP contribution is 2.13. The Labute approximate surface area is 143 Å². The molecule has 2 N–H and O–H groups in total. The lowest BCUT2D eigenvalue weighted by Crippen LogP contribution is -2.41. The van der Waals surface area contributed by atoms with Crippen LogP contribution in [-0.4, -0.2) is 27.9 Å². The molecule has 0 fully saturated rings. The molecule has 2 aromatic rings. The number of nitro groups is 1. The fourth-order valence-electron chi connectivity index (χ4n) is 2.15. The number of nitrogens with one attached hydrogen (secondary N) is 1. The zero-order valence-corrected chi connectivity index (χ0v) is 13.2. The van der Waals surface area contributed by atoms with Crippen LogP contribution in [0.2, 0.25) is 0 Å². The van der Waals surface area contributed by atoms with Gasteiger partial charge in [-0.2, -0.15) is 0 Å². The Morgan fingerprint density at radius 1 is 1.12 bits per heavy atom. The molecule has 0 bridgehead atoms. The van der Waals surface area contributed by atoms with Gasteiger partial charge in [-0.25, -0.2) is 4.79 Å². The highest BCUT2D eigenvalue weighted by Gasteiger charge is 2.19. The number of nitro benzene ring substituents is 1. The van der Waals surface area contributed by atoms with Gasteiger partial charge in [0.25, 0.3) is 5.69 Å². The van der Waals surface area contributed by atoms with Gasteiger partial charge in [-0.1, -0.05) is 42.5 Å². The van der Waals surface area contributed by atoms with Gasteiger partial charge in [0.1, 0.15) is 6.04 Å². The summed E-state index contributed by atoms with van der Waals surface area (Å²) < 4.78 is 0. The van der Waals surface area contributed by atoms with Crippen molar-refractivity contribution in [3.8, 4) is 0 Å². The number of carboxylic acids is 1. The van der Waals surface area contributed by atoms with Crippen molar-refractivity contribution in [3.63, 3.8) is 0 Å². The van der Waals surface area contributed by atoms with Crippen molar-refractivity contribution in [1.82, 2.24) is 5.32 Å². The van der Waals surface area contributed by atoms with Crippen LogP contribution in [0.5, 0.6) is 0 Å². The van der Waals surface area contributed by atoms with Crippen molar-refractivity contribution in [2.75, 3.05) is 0 Å². The van der Waals surface area contributed by atoms with Gasteiger partial charge in [-0.05, 0) is 17.2 Å². The minimum Gasteiger partial charge on any atom is -0.480 e. The normalized spacial score (nSPS) is 11.8. The Balaban J connectivity index is 2.00. The van der Waals surface area contributed by atoms with E-state index in [9.17, 15) is 24.8 Å². The number of amides is 1. The first-order chi connectivity index (χ1) is 12.0. The number of rotatable bonds is 7. The number of nitrogens with zero attached hydrogens (tertiary/aromatic N) is 1. The monoisotopic (exact) mass is 340 g/mol. The second kappa shape index (κ2) is 8.39. The van der Waals surface area contributed by atoms with E-state index in [-0.39, 0.29) is 12.1 Å². The van der Waals surface area contributed by atoms with Crippen molar-refractivity contribution in [2.45, 2.75) is 12.5 Å². The van der Waals surface area contributed by atoms with Gasteiger partial charge < -0.3 is 10.4 Å². The van der Waals surface area contributed by atoms with E-state index in [2.05, 4.69) is 5.32 Å². The highest BCUT2D eigenvalue weighted by molar-refractivity contribution is 5.94. The molecule has 0 saturated heterocycles. The lowest BCUT2D eigenvalue weighted by Gasteiger charge is -2.13. The predicted molar refractivity (Wildman–Crippen MR) is 91.8 cm³/mol. The molecule has 2 rings (SSSR count). The van der Waals surface area contributed by atoms with E-state index in [1.165, 1.54) is 30.3 Å². The third-order valence-electron chi connectivity index (χ3n) is 3.43. The molecule has 0 unspecified atom stereocenters. The molecule has 0 heterocycles. The number of carbonyl (C=O) groups is 2. The van der Waals surface area contributed by atoms with Gasteiger partial charge in [-0.3, -0.25) is 14.9 Å². The van der Waals surface area contributed by atoms with Crippen LogP contribution in [-0.2, 0) is 16.0 Å². The van der Waals surface area contributed by atoms with Crippen molar-refractivity contribution >= 4 is 23.6 Å². The smallest absolute Gasteiger partial charge is 0.326 e. The summed E-state index contributed by atoms with van der Waals surface area (Å²) in [5, 5.41) is 22.3. The Kier molecular flexibility index (Phi) is 6.00. The second-order valence-corrected chi connectivity index (χ2v) is 5.27. The Hall–Kier alpha value is -3.48. The van der Waals surface area contributed by atoms with Gasteiger partial charge in [0.05, 0.1) is 4.92 Å². The topological polar surface area (TPSA) is 110 Å². The maximum absolute atomic E-state index is 11.9. The molecule has 0 aromatic heterocycles. The predicted octanol–water partition coefficient (Wildman–Crippen LogP) is 2.42. The SMILES string of the molecule is O=C(/C=C/c1ccccc1)N[C@@H](Cc1ccc([N+](=O)[O-])cc1)C(=O)O. The third kappa shape index (κ3) is 5.58. The third-order valence-corrected chi connectivity index (χ3v) is 3.43. The van der Waals surface area contributed by atoms with Crippen LogP contribution in [0.25, 0.3) is 6.08 Å². The fourth-order valence-corrected chi connectivity index (χ4v) is 2.15. The molecule has 25 heavy (non-hydrogen) atoms. The number of hydrogen-bond donors (Lipinski definition) is 2. The van der Waals surface area contributed by atoms with Crippen LogP contribution >= 0.6 is 0 Å². The summed E-state index contributed by atoms with van der Waals surface area (Å²) in [5.74, 6) is -1.71. The summed E-state index contributed by atoms with van der Waals surface area (Å²) in [6.07, 6.45) is 2.87. The number of carboxylic acid groups (broad SMARTS) is 1. The zero-order valence-electron chi connectivity index (χ0n) is 13.2. The minimum atomic E-state index is -1.18. The molecule has 7 heteroatoms. The zero-order chi connectivity index (χ0) is 18.2. The van der Waals surface area contributed by atoms with Crippen LogP contribution in [0.1, 0.15) is 11.1 Å². The number of aliphatic carboxylic acids is 1. The molecule has 2 aromatic carbocycles. The molecule has 0 aliphatic rings. The molecule has 1 amide bonds. The molecule has 0 saturated carbocycles. The number of hydrogen-bond acceptors (Lipinski definition) is 4. The summed E-state index contributed by atoms with van der Waals surface area (Å²) in [4.78, 5) is 33.3. The summed E-state index contributed by atoms with van der Waals surface area (Å²) in [7, 11) is 0. The van der Waals surface area contributed by atoms with Gasteiger partial charge in [0.15, 0.2) is 0 Å². The van der Waals surface area contributed by atoms with Crippen LogP contribution in [0.3, 0.4) is 0 Å². The van der Waals surface area contributed by atoms with Crippen molar-refractivity contribution < 1.29 is 19.6 Å². The molecule has 7 nitrogen and oxygen atoms in total. The molecule has 0 radical (unpaired) electrons. The van der Waals surface area contributed by atoms with E-state index in [0.717, 1.165) is 5.56 Å². The van der Waals surface area contributed by atoms with E-state index in [1.54, 1.807) is 6.08 Å².